The summed E-state index contributed by atoms with van der Waals surface area (Å²) in [7, 11) is -3.28. The molecule has 1 N–H and O–H groups in total. The second-order valence-corrected chi connectivity index (χ2v) is 9.48. The van der Waals surface area contributed by atoms with E-state index in [-0.39, 0.29) is 18.4 Å². The molecule has 0 saturated carbocycles. The Labute approximate surface area is 161 Å². The van der Waals surface area contributed by atoms with Crippen LogP contribution in [-0.2, 0) is 14.8 Å². The maximum absolute atomic E-state index is 12.5. The van der Waals surface area contributed by atoms with Gasteiger partial charge in [-0.1, -0.05) is 18.2 Å². The van der Waals surface area contributed by atoms with Gasteiger partial charge in [-0.2, -0.15) is 0 Å². The molecule has 9 heteroatoms. The van der Waals surface area contributed by atoms with Crippen LogP contribution in [0.3, 0.4) is 0 Å². The summed E-state index contributed by atoms with van der Waals surface area (Å²) in [6.45, 7) is 0.683. The summed E-state index contributed by atoms with van der Waals surface area (Å²) in [6.07, 6.45) is 2.51. The molecule has 4 rings (SSSR count). The Kier molecular flexibility index (Phi) is 4.75. The molecule has 0 bridgehead atoms. The summed E-state index contributed by atoms with van der Waals surface area (Å²) in [4.78, 5) is 17.0. The van der Waals surface area contributed by atoms with Gasteiger partial charge in [0.25, 0.3) is 0 Å². The van der Waals surface area contributed by atoms with Gasteiger partial charge >= 0.3 is 0 Å². The van der Waals surface area contributed by atoms with Crippen molar-refractivity contribution in [3.63, 3.8) is 0 Å². The summed E-state index contributed by atoms with van der Waals surface area (Å²) in [5.41, 5.74) is 1.45. The lowest BCUT2D eigenvalue weighted by Gasteiger charge is -2.29. The van der Waals surface area contributed by atoms with Crippen molar-refractivity contribution >= 4 is 43.4 Å². The van der Waals surface area contributed by atoms with Gasteiger partial charge in [0, 0.05) is 23.9 Å². The number of fused-ring (bicyclic) bond motifs is 1. The summed E-state index contributed by atoms with van der Waals surface area (Å²) >= 11 is 1.32. The first-order valence-electron chi connectivity index (χ1n) is 8.60. The van der Waals surface area contributed by atoms with Crippen LogP contribution in [-0.4, -0.2) is 43.0 Å². The zero-order valence-corrected chi connectivity index (χ0v) is 16.3. The average molecular weight is 406 g/mol. The zero-order chi connectivity index (χ0) is 19.0. The highest BCUT2D eigenvalue weighted by molar-refractivity contribution is 7.88. The fraction of sp³-hybridized carbons (Fsp3) is 0.333. The van der Waals surface area contributed by atoms with E-state index in [1.165, 1.54) is 21.9 Å². The fourth-order valence-electron chi connectivity index (χ4n) is 3.22. The van der Waals surface area contributed by atoms with Crippen molar-refractivity contribution in [2.24, 2.45) is 5.92 Å². The van der Waals surface area contributed by atoms with Gasteiger partial charge in [-0.25, -0.2) is 17.7 Å². The molecule has 1 fully saturated rings. The normalized spacial score (nSPS) is 18.6. The molecule has 0 aliphatic carbocycles. The van der Waals surface area contributed by atoms with Crippen molar-refractivity contribution in [2.75, 3.05) is 24.7 Å². The van der Waals surface area contributed by atoms with E-state index in [1.807, 2.05) is 35.7 Å². The molecule has 1 aromatic carbocycles. The summed E-state index contributed by atoms with van der Waals surface area (Å²) in [5.74, 6) is 0.0785. The first-order chi connectivity index (χ1) is 12.9. The Morgan fingerprint density at radius 1 is 1.37 bits per heavy atom. The maximum atomic E-state index is 12.5. The monoisotopic (exact) mass is 405 g/mol. The molecule has 0 spiro atoms. The van der Waals surface area contributed by atoms with Crippen LogP contribution in [0.1, 0.15) is 12.8 Å². The van der Waals surface area contributed by atoms with Gasteiger partial charge in [0.05, 0.1) is 12.2 Å². The minimum absolute atomic E-state index is 0.200. The molecule has 3 aromatic rings. The lowest BCUT2D eigenvalue weighted by Crippen LogP contribution is -2.43. The fourth-order valence-corrected chi connectivity index (χ4v) is 4.83. The van der Waals surface area contributed by atoms with E-state index in [1.54, 1.807) is 0 Å². The van der Waals surface area contributed by atoms with E-state index in [9.17, 15) is 13.2 Å². The Bertz CT molecular complexity index is 1050. The number of nitrogens with one attached hydrogen (secondary N) is 1. The number of aromatic nitrogens is 1. The van der Waals surface area contributed by atoms with Crippen molar-refractivity contribution in [3.8, 4) is 11.5 Å². The van der Waals surface area contributed by atoms with Crippen LogP contribution in [0.5, 0.6) is 0 Å². The Balaban J connectivity index is 1.46. The van der Waals surface area contributed by atoms with Gasteiger partial charge in [-0.15, -0.1) is 11.3 Å². The number of anilines is 1. The van der Waals surface area contributed by atoms with E-state index in [0.717, 1.165) is 11.0 Å². The Hall–Kier alpha value is -2.23. The highest BCUT2D eigenvalue weighted by Gasteiger charge is 2.30. The molecule has 1 aliphatic rings. The number of nitrogens with zero attached hydrogens (tertiary/aromatic N) is 2. The van der Waals surface area contributed by atoms with Gasteiger partial charge < -0.3 is 9.73 Å². The van der Waals surface area contributed by atoms with E-state index in [2.05, 4.69) is 10.3 Å². The molecule has 3 heterocycles. The molecular formula is C18H19N3O4S2. The van der Waals surface area contributed by atoms with E-state index >= 15 is 0 Å². The number of furan rings is 1. The molecule has 7 nitrogen and oxygen atoms in total. The van der Waals surface area contributed by atoms with Gasteiger partial charge in [-0.05, 0) is 25.0 Å². The van der Waals surface area contributed by atoms with Gasteiger partial charge in [0.15, 0.2) is 10.9 Å². The second kappa shape index (κ2) is 7.06. The molecule has 0 radical (unpaired) electrons. The average Bonchev–Trinajstić information content (AvgIpc) is 3.27. The van der Waals surface area contributed by atoms with Crippen LogP contribution < -0.4 is 5.32 Å². The van der Waals surface area contributed by atoms with E-state index < -0.39 is 10.0 Å². The zero-order valence-electron chi connectivity index (χ0n) is 14.7. The topological polar surface area (TPSA) is 92.5 Å². The molecule has 1 atom stereocenters. The number of thiazole rings is 1. The van der Waals surface area contributed by atoms with Crippen molar-refractivity contribution in [1.29, 1.82) is 0 Å². The number of hydrogen-bond donors (Lipinski definition) is 1. The first kappa shape index (κ1) is 18.1. The van der Waals surface area contributed by atoms with Gasteiger partial charge in [0.1, 0.15) is 11.3 Å². The number of hydrogen-bond acceptors (Lipinski definition) is 6. The molecular weight excluding hydrogens is 386 g/mol. The van der Waals surface area contributed by atoms with Crippen LogP contribution in [0.25, 0.3) is 22.4 Å². The number of para-hydroxylation sites is 1. The predicted octanol–water partition coefficient (Wildman–Crippen LogP) is 3.17. The highest BCUT2D eigenvalue weighted by Crippen LogP contribution is 2.30. The number of benzene rings is 1. The van der Waals surface area contributed by atoms with Crippen molar-refractivity contribution in [1.82, 2.24) is 9.29 Å². The Morgan fingerprint density at radius 2 is 2.19 bits per heavy atom. The molecule has 1 saturated heterocycles. The number of amides is 1. The van der Waals surface area contributed by atoms with Gasteiger partial charge in [0.2, 0.25) is 15.9 Å². The lowest BCUT2D eigenvalue weighted by atomic mass is 9.99. The molecule has 27 heavy (non-hydrogen) atoms. The first-order valence-corrected chi connectivity index (χ1v) is 11.3. The van der Waals surface area contributed by atoms with Crippen LogP contribution in [0.2, 0.25) is 0 Å². The molecule has 1 amide bonds. The van der Waals surface area contributed by atoms with Crippen LogP contribution in [0.4, 0.5) is 5.13 Å². The van der Waals surface area contributed by atoms with Crippen molar-refractivity contribution < 1.29 is 17.6 Å². The van der Waals surface area contributed by atoms with Gasteiger partial charge in [-0.3, -0.25) is 4.79 Å². The predicted molar refractivity (Wildman–Crippen MR) is 105 cm³/mol. The number of carbonyl (C=O) groups is 1. The highest BCUT2D eigenvalue weighted by atomic mass is 32.2. The number of piperidine rings is 1. The summed E-state index contributed by atoms with van der Waals surface area (Å²) in [5, 5.41) is 6.12. The molecule has 1 unspecified atom stereocenters. The minimum Gasteiger partial charge on any atom is -0.454 e. The van der Waals surface area contributed by atoms with E-state index in [0.29, 0.717) is 36.0 Å². The smallest absolute Gasteiger partial charge is 0.230 e. The lowest BCUT2D eigenvalue weighted by molar-refractivity contribution is -0.120. The quantitative estimate of drug-likeness (QED) is 0.720. The van der Waals surface area contributed by atoms with Crippen LogP contribution >= 0.6 is 11.3 Å². The second-order valence-electron chi connectivity index (χ2n) is 6.64. The number of rotatable bonds is 4. The molecule has 142 valence electrons. The third-order valence-electron chi connectivity index (χ3n) is 4.64. The third kappa shape index (κ3) is 3.90. The third-order valence-corrected chi connectivity index (χ3v) is 6.66. The standard InChI is InChI=1S/C18H19N3O4S2/c1-27(23,24)21-8-4-6-13(10-21)17(22)20-18-19-14(11-26-18)16-9-12-5-2-3-7-15(12)25-16/h2-3,5,7,9,11,13H,4,6,8,10H2,1H3,(H,19,20,22). The van der Waals surface area contributed by atoms with E-state index in [4.69, 9.17) is 4.42 Å². The Morgan fingerprint density at radius 3 is 2.96 bits per heavy atom. The van der Waals surface area contributed by atoms with Crippen LogP contribution in [0.15, 0.2) is 40.1 Å². The maximum Gasteiger partial charge on any atom is 0.230 e. The molecule has 1 aliphatic heterocycles. The summed E-state index contributed by atoms with van der Waals surface area (Å²) in [6, 6.07) is 9.63. The number of sulfonamides is 1. The van der Waals surface area contributed by atoms with Crippen molar-refractivity contribution in [2.45, 2.75) is 12.8 Å². The minimum atomic E-state index is -3.28. The van der Waals surface area contributed by atoms with Crippen LogP contribution in [0, 0.1) is 5.92 Å². The molecule has 2 aromatic heterocycles. The SMILES string of the molecule is CS(=O)(=O)N1CCCC(C(=O)Nc2nc(-c3cc4ccccc4o3)cs2)C1. The summed E-state index contributed by atoms with van der Waals surface area (Å²) < 4.78 is 30.6. The number of carbonyl (C=O) groups excluding carboxylic acids is 1. The largest absolute Gasteiger partial charge is 0.454 e. The van der Waals surface area contributed by atoms with Crippen molar-refractivity contribution in [3.05, 3.63) is 35.7 Å².